The molecule has 3 nitrogen and oxygen atoms in total. The fourth-order valence-corrected chi connectivity index (χ4v) is 2.56. The van der Waals surface area contributed by atoms with Crippen molar-refractivity contribution in [1.29, 1.82) is 0 Å². The summed E-state index contributed by atoms with van der Waals surface area (Å²) in [6.07, 6.45) is 5.31. The lowest BCUT2D eigenvalue weighted by Gasteiger charge is -2.15. The number of rotatable bonds is 7. The Morgan fingerprint density at radius 1 is 1.29 bits per heavy atom. The van der Waals surface area contributed by atoms with Crippen LogP contribution < -0.4 is 5.73 Å². The smallest absolute Gasteiger partial charge is 0.220 e. The summed E-state index contributed by atoms with van der Waals surface area (Å²) in [5.74, 6) is 0. The van der Waals surface area contributed by atoms with Crippen molar-refractivity contribution in [2.45, 2.75) is 20.0 Å². The van der Waals surface area contributed by atoms with Gasteiger partial charge in [0.15, 0.2) is 0 Å². The lowest BCUT2D eigenvalue weighted by atomic mass is 10.2. The van der Waals surface area contributed by atoms with Gasteiger partial charge in [-0.05, 0) is 12.0 Å². The highest BCUT2D eigenvalue weighted by Gasteiger charge is 2.19. The highest BCUT2D eigenvalue weighted by Crippen LogP contribution is 2.45. The SMILES string of the molecule is CC/C=C/C[P@](=O)(CN)OCc1ccccc1. The second-order valence-corrected chi connectivity index (χ2v) is 6.44. The van der Waals surface area contributed by atoms with E-state index in [1.165, 1.54) is 0 Å². The highest BCUT2D eigenvalue weighted by atomic mass is 31.2. The van der Waals surface area contributed by atoms with Gasteiger partial charge < -0.3 is 10.3 Å². The fourth-order valence-electron chi connectivity index (χ4n) is 1.35. The van der Waals surface area contributed by atoms with Crippen LogP contribution >= 0.6 is 7.37 Å². The molecule has 0 heterocycles. The molecule has 0 fully saturated rings. The molecule has 17 heavy (non-hydrogen) atoms. The van der Waals surface area contributed by atoms with Crippen LogP contribution in [0.2, 0.25) is 0 Å². The fraction of sp³-hybridized carbons (Fsp3) is 0.385. The second-order valence-electron chi connectivity index (χ2n) is 3.82. The van der Waals surface area contributed by atoms with Gasteiger partial charge in [-0.25, -0.2) is 0 Å². The Morgan fingerprint density at radius 3 is 2.59 bits per heavy atom. The summed E-state index contributed by atoms with van der Waals surface area (Å²) in [5.41, 5.74) is 6.55. The quantitative estimate of drug-likeness (QED) is 0.598. The minimum Gasteiger partial charge on any atom is -0.323 e. The van der Waals surface area contributed by atoms with E-state index >= 15 is 0 Å². The molecule has 94 valence electrons. The standard InChI is InChI=1S/C13H20NO2P/c1-2-3-7-10-17(15,12-14)16-11-13-8-5-4-6-9-13/h3-9H,2,10-12,14H2,1H3/b7-3+/t17-/m1/s1. The lowest BCUT2D eigenvalue weighted by Crippen LogP contribution is -2.06. The average Bonchev–Trinajstić information content (AvgIpc) is 2.38. The monoisotopic (exact) mass is 253 g/mol. The van der Waals surface area contributed by atoms with Crippen LogP contribution in [0.4, 0.5) is 0 Å². The maximum absolute atomic E-state index is 12.2. The molecule has 1 aromatic carbocycles. The van der Waals surface area contributed by atoms with Crippen LogP contribution in [-0.4, -0.2) is 12.4 Å². The largest absolute Gasteiger partial charge is 0.323 e. The molecule has 1 rings (SSSR count). The first kappa shape index (κ1) is 14.2. The molecule has 0 radical (unpaired) electrons. The Balaban J connectivity index is 2.52. The molecule has 0 unspecified atom stereocenters. The Bertz CT molecular complexity index is 390. The van der Waals surface area contributed by atoms with Crippen molar-refractivity contribution in [3.8, 4) is 0 Å². The highest BCUT2D eigenvalue weighted by molar-refractivity contribution is 7.59. The van der Waals surface area contributed by atoms with Crippen LogP contribution in [0.1, 0.15) is 18.9 Å². The third kappa shape index (κ3) is 5.31. The molecule has 0 aromatic heterocycles. The zero-order chi connectivity index (χ0) is 12.6. The Kier molecular flexibility index (Phi) is 6.20. The summed E-state index contributed by atoms with van der Waals surface area (Å²) in [4.78, 5) is 0. The molecule has 0 saturated carbocycles. The van der Waals surface area contributed by atoms with E-state index in [4.69, 9.17) is 10.3 Å². The van der Waals surface area contributed by atoms with Crippen LogP contribution in [0.3, 0.4) is 0 Å². The van der Waals surface area contributed by atoms with Gasteiger partial charge in [0.2, 0.25) is 7.37 Å². The van der Waals surface area contributed by atoms with Gasteiger partial charge in [-0.1, -0.05) is 49.4 Å². The van der Waals surface area contributed by atoms with Crippen molar-refractivity contribution in [3.05, 3.63) is 48.0 Å². The van der Waals surface area contributed by atoms with E-state index < -0.39 is 7.37 Å². The van der Waals surface area contributed by atoms with Gasteiger partial charge in [-0.15, -0.1) is 0 Å². The predicted molar refractivity (Wildman–Crippen MR) is 72.2 cm³/mol. The number of hydrogen-bond donors (Lipinski definition) is 1. The minimum absolute atomic E-state index is 0.0912. The van der Waals surface area contributed by atoms with Gasteiger partial charge in [0.25, 0.3) is 0 Å². The Hall–Kier alpha value is -0.890. The average molecular weight is 253 g/mol. The van der Waals surface area contributed by atoms with E-state index in [1.807, 2.05) is 49.4 Å². The Labute approximate surface area is 103 Å². The van der Waals surface area contributed by atoms with Crippen LogP contribution in [0.5, 0.6) is 0 Å². The number of allylic oxidation sites excluding steroid dienone is 2. The van der Waals surface area contributed by atoms with Crippen LogP contribution in [0, 0.1) is 0 Å². The van der Waals surface area contributed by atoms with E-state index in [1.54, 1.807) is 0 Å². The molecule has 0 bridgehead atoms. The molecule has 0 aliphatic heterocycles. The lowest BCUT2D eigenvalue weighted by molar-refractivity contribution is 0.304. The maximum atomic E-state index is 12.2. The number of nitrogens with two attached hydrogens (primary N) is 1. The van der Waals surface area contributed by atoms with Crippen LogP contribution in [-0.2, 0) is 15.7 Å². The molecule has 0 amide bonds. The summed E-state index contributed by atoms with van der Waals surface area (Å²) < 4.78 is 17.7. The first-order valence-electron chi connectivity index (χ1n) is 5.82. The predicted octanol–water partition coefficient (Wildman–Crippen LogP) is 3.36. The zero-order valence-electron chi connectivity index (χ0n) is 10.2. The summed E-state index contributed by atoms with van der Waals surface area (Å²) in [5, 5.41) is 0. The summed E-state index contributed by atoms with van der Waals surface area (Å²) in [6.45, 7) is 2.39. The topological polar surface area (TPSA) is 52.3 Å². The summed E-state index contributed by atoms with van der Waals surface area (Å²) in [6, 6.07) is 9.70. The number of benzene rings is 1. The van der Waals surface area contributed by atoms with Gasteiger partial charge >= 0.3 is 0 Å². The normalized spacial score (nSPS) is 14.9. The first-order chi connectivity index (χ1) is 8.20. The van der Waals surface area contributed by atoms with E-state index in [2.05, 4.69) is 0 Å². The van der Waals surface area contributed by atoms with Crippen molar-refractivity contribution < 1.29 is 9.09 Å². The molecule has 4 heteroatoms. The molecule has 0 saturated heterocycles. The maximum Gasteiger partial charge on any atom is 0.220 e. The Morgan fingerprint density at radius 2 is 2.00 bits per heavy atom. The summed E-state index contributed by atoms with van der Waals surface area (Å²) in [7, 11) is -2.70. The second kappa shape index (κ2) is 7.44. The van der Waals surface area contributed by atoms with Crippen molar-refractivity contribution in [2.24, 2.45) is 5.73 Å². The molecule has 0 aliphatic carbocycles. The van der Waals surface area contributed by atoms with E-state index in [0.717, 1.165) is 12.0 Å². The summed E-state index contributed by atoms with van der Waals surface area (Å²) >= 11 is 0. The van der Waals surface area contributed by atoms with E-state index in [-0.39, 0.29) is 6.29 Å². The number of hydrogen-bond acceptors (Lipinski definition) is 3. The van der Waals surface area contributed by atoms with E-state index in [0.29, 0.717) is 12.8 Å². The van der Waals surface area contributed by atoms with Crippen LogP contribution in [0.15, 0.2) is 42.5 Å². The van der Waals surface area contributed by atoms with Crippen molar-refractivity contribution in [3.63, 3.8) is 0 Å². The molecule has 0 spiro atoms. The van der Waals surface area contributed by atoms with E-state index in [9.17, 15) is 4.57 Å². The van der Waals surface area contributed by atoms with Gasteiger partial charge in [0, 0.05) is 6.16 Å². The first-order valence-corrected chi connectivity index (χ1v) is 7.81. The van der Waals surface area contributed by atoms with Gasteiger partial charge in [0.05, 0.1) is 12.9 Å². The van der Waals surface area contributed by atoms with Gasteiger partial charge in [0.1, 0.15) is 0 Å². The molecule has 0 aliphatic rings. The zero-order valence-corrected chi connectivity index (χ0v) is 11.1. The van der Waals surface area contributed by atoms with Crippen molar-refractivity contribution >= 4 is 7.37 Å². The molecular formula is C13H20NO2P. The van der Waals surface area contributed by atoms with Crippen molar-refractivity contribution in [1.82, 2.24) is 0 Å². The molecule has 1 atom stereocenters. The van der Waals surface area contributed by atoms with Gasteiger partial charge in [-0.3, -0.25) is 4.57 Å². The molecule has 1 aromatic rings. The van der Waals surface area contributed by atoms with Crippen molar-refractivity contribution in [2.75, 3.05) is 12.4 Å². The molecular weight excluding hydrogens is 233 g/mol. The molecule has 2 N–H and O–H groups in total. The van der Waals surface area contributed by atoms with Crippen LogP contribution in [0.25, 0.3) is 0 Å². The van der Waals surface area contributed by atoms with Gasteiger partial charge in [-0.2, -0.15) is 0 Å². The minimum atomic E-state index is -2.70. The third-order valence-electron chi connectivity index (χ3n) is 2.37. The third-order valence-corrected chi connectivity index (χ3v) is 4.30.